The summed E-state index contributed by atoms with van der Waals surface area (Å²) in [4.78, 5) is 12.2. The molecule has 0 atom stereocenters. The normalized spacial score (nSPS) is 11.0. The van der Waals surface area contributed by atoms with Crippen LogP contribution in [0.4, 0.5) is 13.2 Å². The molecular formula is C17H16F3NO3. The number of amides is 1. The van der Waals surface area contributed by atoms with Crippen LogP contribution in [0.2, 0.25) is 0 Å². The number of hydrogen-bond donors (Lipinski definition) is 1. The molecule has 2 aromatic rings. The van der Waals surface area contributed by atoms with E-state index < -0.39 is 11.7 Å². The van der Waals surface area contributed by atoms with Crippen molar-refractivity contribution in [2.24, 2.45) is 0 Å². The lowest BCUT2D eigenvalue weighted by atomic mass is 10.1. The van der Waals surface area contributed by atoms with Crippen LogP contribution in [0, 0.1) is 0 Å². The SMILES string of the molecule is COc1cc(OC)cc(C(=O)NCc2ccc(C(F)(F)F)cc2)c1. The summed E-state index contributed by atoms with van der Waals surface area (Å²) in [7, 11) is 2.94. The quantitative estimate of drug-likeness (QED) is 0.904. The number of carbonyl (C=O) groups is 1. The Kier molecular flexibility index (Phi) is 5.33. The van der Waals surface area contributed by atoms with Crippen molar-refractivity contribution in [2.75, 3.05) is 14.2 Å². The number of halogens is 3. The molecule has 0 aliphatic rings. The lowest BCUT2D eigenvalue weighted by Gasteiger charge is -2.10. The second-order valence-electron chi connectivity index (χ2n) is 4.98. The second-order valence-corrected chi connectivity index (χ2v) is 4.98. The van der Waals surface area contributed by atoms with Crippen LogP contribution >= 0.6 is 0 Å². The predicted molar refractivity (Wildman–Crippen MR) is 82.2 cm³/mol. The maximum absolute atomic E-state index is 12.5. The molecule has 0 bridgehead atoms. The third-order valence-electron chi connectivity index (χ3n) is 3.35. The van der Waals surface area contributed by atoms with Gasteiger partial charge in [-0.15, -0.1) is 0 Å². The molecular weight excluding hydrogens is 323 g/mol. The van der Waals surface area contributed by atoms with Crippen molar-refractivity contribution in [1.29, 1.82) is 0 Å². The molecule has 24 heavy (non-hydrogen) atoms. The Morgan fingerprint density at radius 3 is 2.00 bits per heavy atom. The van der Waals surface area contributed by atoms with Crippen LogP contribution in [0.5, 0.6) is 11.5 Å². The Balaban J connectivity index is 2.05. The highest BCUT2D eigenvalue weighted by Crippen LogP contribution is 2.29. The van der Waals surface area contributed by atoms with Gasteiger partial charge in [-0.25, -0.2) is 0 Å². The van der Waals surface area contributed by atoms with Crippen LogP contribution in [0.15, 0.2) is 42.5 Å². The fourth-order valence-electron chi connectivity index (χ4n) is 2.03. The summed E-state index contributed by atoms with van der Waals surface area (Å²) in [5, 5.41) is 2.64. The molecule has 0 aliphatic carbocycles. The lowest BCUT2D eigenvalue weighted by molar-refractivity contribution is -0.137. The molecule has 128 valence electrons. The molecule has 0 heterocycles. The minimum absolute atomic E-state index is 0.108. The fourth-order valence-corrected chi connectivity index (χ4v) is 2.03. The van der Waals surface area contributed by atoms with E-state index in [1.807, 2.05) is 0 Å². The summed E-state index contributed by atoms with van der Waals surface area (Å²) < 4.78 is 47.7. The monoisotopic (exact) mass is 339 g/mol. The molecule has 2 aromatic carbocycles. The van der Waals surface area contributed by atoms with E-state index in [9.17, 15) is 18.0 Å². The smallest absolute Gasteiger partial charge is 0.416 e. The Hall–Kier alpha value is -2.70. The van der Waals surface area contributed by atoms with Gasteiger partial charge in [0, 0.05) is 18.2 Å². The van der Waals surface area contributed by atoms with Crippen molar-refractivity contribution in [3.05, 3.63) is 59.2 Å². The van der Waals surface area contributed by atoms with E-state index in [1.54, 1.807) is 18.2 Å². The molecule has 0 aromatic heterocycles. The number of hydrogen-bond acceptors (Lipinski definition) is 3. The van der Waals surface area contributed by atoms with E-state index in [0.29, 0.717) is 22.6 Å². The third-order valence-corrected chi connectivity index (χ3v) is 3.35. The van der Waals surface area contributed by atoms with E-state index in [-0.39, 0.29) is 12.5 Å². The maximum Gasteiger partial charge on any atom is 0.416 e. The van der Waals surface area contributed by atoms with Crippen LogP contribution in [-0.4, -0.2) is 20.1 Å². The van der Waals surface area contributed by atoms with Gasteiger partial charge in [0.1, 0.15) is 11.5 Å². The van der Waals surface area contributed by atoms with E-state index in [4.69, 9.17) is 9.47 Å². The van der Waals surface area contributed by atoms with Gasteiger partial charge in [0.2, 0.25) is 0 Å². The Morgan fingerprint density at radius 2 is 1.54 bits per heavy atom. The molecule has 0 unspecified atom stereocenters. The van der Waals surface area contributed by atoms with Gasteiger partial charge in [0.25, 0.3) is 5.91 Å². The average molecular weight is 339 g/mol. The Morgan fingerprint density at radius 1 is 1.00 bits per heavy atom. The zero-order valence-electron chi connectivity index (χ0n) is 13.1. The number of methoxy groups -OCH3 is 2. The number of rotatable bonds is 5. The number of alkyl halides is 3. The van der Waals surface area contributed by atoms with Crippen molar-refractivity contribution in [3.8, 4) is 11.5 Å². The zero-order valence-corrected chi connectivity index (χ0v) is 13.1. The molecule has 2 rings (SSSR count). The lowest BCUT2D eigenvalue weighted by Crippen LogP contribution is -2.23. The second kappa shape index (κ2) is 7.25. The van der Waals surface area contributed by atoms with E-state index in [1.165, 1.54) is 26.4 Å². The molecule has 7 heteroatoms. The van der Waals surface area contributed by atoms with Gasteiger partial charge >= 0.3 is 6.18 Å². The van der Waals surface area contributed by atoms with E-state index in [0.717, 1.165) is 12.1 Å². The molecule has 0 saturated carbocycles. The van der Waals surface area contributed by atoms with E-state index >= 15 is 0 Å². The molecule has 0 aliphatic heterocycles. The minimum Gasteiger partial charge on any atom is -0.497 e. The first-order valence-corrected chi connectivity index (χ1v) is 7.01. The van der Waals surface area contributed by atoms with Gasteiger partial charge in [0.15, 0.2) is 0 Å². The first kappa shape index (κ1) is 17.7. The summed E-state index contributed by atoms with van der Waals surface area (Å²) >= 11 is 0. The topological polar surface area (TPSA) is 47.6 Å². The maximum atomic E-state index is 12.5. The summed E-state index contributed by atoms with van der Waals surface area (Å²) in [5.74, 6) is 0.551. The van der Waals surface area contributed by atoms with Crippen molar-refractivity contribution in [3.63, 3.8) is 0 Å². The number of ether oxygens (including phenoxy) is 2. The summed E-state index contributed by atoms with van der Waals surface area (Å²) in [6, 6.07) is 9.35. The molecule has 1 amide bonds. The van der Waals surface area contributed by atoms with Crippen LogP contribution in [0.3, 0.4) is 0 Å². The highest BCUT2D eigenvalue weighted by atomic mass is 19.4. The highest BCUT2D eigenvalue weighted by Gasteiger charge is 2.29. The van der Waals surface area contributed by atoms with Gasteiger partial charge in [-0.1, -0.05) is 12.1 Å². The number of benzene rings is 2. The summed E-state index contributed by atoms with van der Waals surface area (Å²) in [5.41, 5.74) is 0.166. The molecule has 0 saturated heterocycles. The van der Waals surface area contributed by atoms with Gasteiger partial charge in [0.05, 0.1) is 19.8 Å². The van der Waals surface area contributed by atoms with Gasteiger partial charge in [-0.05, 0) is 29.8 Å². The van der Waals surface area contributed by atoms with Crippen LogP contribution in [-0.2, 0) is 12.7 Å². The van der Waals surface area contributed by atoms with Crippen molar-refractivity contribution in [2.45, 2.75) is 12.7 Å². The molecule has 1 N–H and O–H groups in total. The van der Waals surface area contributed by atoms with E-state index in [2.05, 4.69) is 5.32 Å². The molecule has 4 nitrogen and oxygen atoms in total. The zero-order chi connectivity index (χ0) is 17.7. The third kappa shape index (κ3) is 4.41. The predicted octanol–water partition coefficient (Wildman–Crippen LogP) is 3.65. The van der Waals surface area contributed by atoms with Crippen molar-refractivity contribution < 1.29 is 27.4 Å². The molecule has 0 fully saturated rings. The van der Waals surface area contributed by atoms with Crippen molar-refractivity contribution in [1.82, 2.24) is 5.32 Å². The first-order valence-electron chi connectivity index (χ1n) is 7.01. The van der Waals surface area contributed by atoms with Gasteiger partial charge in [-0.2, -0.15) is 13.2 Å². The largest absolute Gasteiger partial charge is 0.497 e. The Labute approximate surface area is 137 Å². The summed E-state index contributed by atoms with van der Waals surface area (Å²) in [6.07, 6.45) is -4.38. The van der Waals surface area contributed by atoms with Gasteiger partial charge < -0.3 is 14.8 Å². The standard InChI is InChI=1S/C17H16F3NO3/c1-23-14-7-12(8-15(9-14)24-2)16(22)21-10-11-3-5-13(6-4-11)17(18,19)20/h3-9H,10H2,1-2H3,(H,21,22). The van der Waals surface area contributed by atoms with Crippen LogP contribution in [0.1, 0.15) is 21.5 Å². The van der Waals surface area contributed by atoms with Crippen molar-refractivity contribution >= 4 is 5.91 Å². The van der Waals surface area contributed by atoms with Crippen LogP contribution in [0.25, 0.3) is 0 Å². The molecule has 0 spiro atoms. The minimum atomic E-state index is -4.38. The first-order chi connectivity index (χ1) is 11.3. The Bertz CT molecular complexity index is 690. The number of nitrogens with one attached hydrogen (secondary N) is 1. The highest BCUT2D eigenvalue weighted by molar-refractivity contribution is 5.95. The summed E-state index contributed by atoms with van der Waals surface area (Å²) in [6.45, 7) is 0.108. The van der Waals surface area contributed by atoms with Crippen LogP contribution < -0.4 is 14.8 Å². The average Bonchev–Trinajstić information content (AvgIpc) is 2.58. The number of carbonyl (C=O) groups excluding carboxylic acids is 1. The fraction of sp³-hybridized carbons (Fsp3) is 0.235. The van der Waals surface area contributed by atoms with Gasteiger partial charge in [-0.3, -0.25) is 4.79 Å². The molecule has 0 radical (unpaired) electrons.